The van der Waals surface area contributed by atoms with E-state index in [-0.39, 0.29) is 18.4 Å². The minimum atomic E-state index is -0.251. The summed E-state index contributed by atoms with van der Waals surface area (Å²) in [6.07, 6.45) is 0. The van der Waals surface area contributed by atoms with Gasteiger partial charge in [0.2, 0.25) is 5.91 Å². The SMILES string of the molecule is O=C(NCC(=O)N1CCNCC1)c1cccc(S)c1. The Bertz CT molecular complexity index is 473. The van der Waals surface area contributed by atoms with E-state index in [1.165, 1.54) is 0 Å². The van der Waals surface area contributed by atoms with Gasteiger partial charge < -0.3 is 15.5 Å². The van der Waals surface area contributed by atoms with Crippen molar-refractivity contribution in [2.45, 2.75) is 4.90 Å². The highest BCUT2D eigenvalue weighted by molar-refractivity contribution is 7.80. The number of thiol groups is 1. The second-order valence-electron chi connectivity index (χ2n) is 4.36. The Balaban J connectivity index is 1.84. The lowest BCUT2D eigenvalue weighted by Gasteiger charge is -2.27. The summed E-state index contributed by atoms with van der Waals surface area (Å²) in [5.74, 6) is -0.295. The highest BCUT2D eigenvalue weighted by Crippen LogP contribution is 2.08. The lowest BCUT2D eigenvalue weighted by molar-refractivity contribution is -0.130. The molecular formula is C13H17N3O2S. The van der Waals surface area contributed by atoms with E-state index in [9.17, 15) is 9.59 Å². The molecule has 0 atom stereocenters. The maximum absolute atomic E-state index is 11.9. The molecule has 2 rings (SSSR count). The molecule has 1 aliphatic heterocycles. The number of hydrogen-bond acceptors (Lipinski definition) is 4. The molecule has 0 bridgehead atoms. The smallest absolute Gasteiger partial charge is 0.251 e. The van der Waals surface area contributed by atoms with Crippen LogP contribution in [0.1, 0.15) is 10.4 Å². The van der Waals surface area contributed by atoms with Gasteiger partial charge in [-0.15, -0.1) is 12.6 Å². The van der Waals surface area contributed by atoms with Crippen LogP contribution in [0.15, 0.2) is 29.2 Å². The first-order valence-corrected chi connectivity index (χ1v) is 6.67. The Morgan fingerprint density at radius 1 is 1.32 bits per heavy atom. The summed E-state index contributed by atoms with van der Waals surface area (Å²) in [4.78, 5) is 26.2. The van der Waals surface area contributed by atoms with Crippen molar-refractivity contribution in [2.24, 2.45) is 0 Å². The van der Waals surface area contributed by atoms with Crippen LogP contribution in [0.3, 0.4) is 0 Å². The number of piperazine rings is 1. The average Bonchev–Trinajstić information content (AvgIpc) is 2.45. The minimum Gasteiger partial charge on any atom is -0.343 e. The van der Waals surface area contributed by atoms with Crippen molar-refractivity contribution in [3.63, 3.8) is 0 Å². The van der Waals surface area contributed by atoms with Crippen molar-refractivity contribution in [1.29, 1.82) is 0 Å². The number of amides is 2. The second kappa shape index (κ2) is 6.58. The fraction of sp³-hybridized carbons (Fsp3) is 0.385. The van der Waals surface area contributed by atoms with Crippen LogP contribution in [0, 0.1) is 0 Å². The van der Waals surface area contributed by atoms with E-state index in [1.54, 1.807) is 29.2 Å². The number of rotatable bonds is 3. The Hall–Kier alpha value is -1.53. The minimum absolute atomic E-state index is 0.0373. The van der Waals surface area contributed by atoms with Crippen molar-refractivity contribution in [2.75, 3.05) is 32.7 Å². The van der Waals surface area contributed by atoms with Gasteiger partial charge in [0.15, 0.2) is 0 Å². The highest BCUT2D eigenvalue weighted by Gasteiger charge is 2.16. The summed E-state index contributed by atoms with van der Waals surface area (Å²) in [6.45, 7) is 3.04. The van der Waals surface area contributed by atoms with Crippen LogP contribution in [-0.4, -0.2) is 49.4 Å². The summed E-state index contributed by atoms with van der Waals surface area (Å²) in [7, 11) is 0. The first kappa shape index (κ1) is 13.9. The highest BCUT2D eigenvalue weighted by atomic mass is 32.1. The van der Waals surface area contributed by atoms with Crippen LogP contribution in [0.2, 0.25) is 0 Å². The van der Waals surface area contributed by atoms with Gasteiger partial charge in [-0.05, 0) is 18.2 Å². The molecule has 1 aliphatic rings. The van der Waals surface area contributed by atoms with Crippen molar-refractivity contribution < 1.29 is 9.59 Å². The molecule has 0 saturated carbocycles. The number of nitrogens with zero attached hydrogens (tertiary/aromatic N) is 1. The normalized spacial score (nSPS) is 15.1. The molecule has 1 aromatic carbocycles. The zero-order valence-electron chi connectivity index (χ0n) is 10.6. The monoisotopic (exact) mass is 279 g/mol. The van der Waals surface area contributed by atoms with E-state index < -0.39 is 0 Å². The number of carbonyl (C=O) groups excluding carboxylic acids is 2. The molecule has 1 aromatic rings. The molecule has 6 heteroatoms. The van der Waals surface area contributed by atoms with E-state index in [1.807, 2.05) is 0 Å². The summed E-state index contributed by atoms with van der Waals surface area (Å²) in [5, 5.41) is 5.82. The molecule has 0 aromatic heterocycles. The van der Waals surface area contributed by atoms with Crippen LogP contribution in [0.25, 0.3) is 0 Å². The van der Waals surface area contributed by atoms with E-state index >= 15 is 0 Å². The van der Waals surface area contributed by atoms with Crippen molar-refractivity contribution in [3.05, 3.63) is 29.8 Å². The van der Waals surface area contributed by atoms with E-state index in [2.05, 4.69) is 23.3 Å². The lowest BCUT2D eigenvalue weighted by Crippen LogP contribution is -2.49. The maximum atomic E-state index is 11.9. The van der Waals surface area contributed by atoms with Gasteiger partial charge in [0, 0.05) is 36.6 Å². The standard InChI is InChI=1S/C13H17N3O2S/c17-12(16-6-4-14-5-7-16)9-15-13(18)10-2-1-3-11(19)8-10/h1-3,8,14,19H,4-7,9H2,(H,15,18). The molecule has 102 valence electrons. The zero-order chi connectivity index (χ0) is 13.7. The molecule has 19 heavy (non-hydrogen) atoms. The maximum Gasteiger partial charge on any atom is 0.251 e. The number of carbonyl (C=O) groups is 2. The third kappa shape index (κ3) is 3.97. The molecular weight excluding hydrogens is 262 g/mol. The third-order valence-electron chi connectivity index (χ3n) is 2.98. The van der Waals surface area contributed by atoms with E-state index in [0.717, 1.165) is 18.0 Å². The molecule has 1 saturated heterocycles. The van der Waals surface area contributed by atoms with Gasteiger partial charge in [0.1, 0.15) is 0 Å². The fourth-order valence-corrected chi connectivity index (χ4v) is 2.16. The van der Waals surface area contributed by atoms with Crippen LogP contribution in [-0.2, 0) is 4.79 Å². The Labute approximate surface area is 117 Å². The van der Waals surface area contributed by atoms with Gasteiger partial charge in [-0.2, -0.15) is 0 Å². The fourth-order valence-electron chi connectivity index (χ4n) is 1.93. The van der Waals surface area contributed by atoms with Crippen molar-refractivity contribution in [1.82, 2.24) is 15.5 Å². The Morgan fingerprint density at radius 3 is 2.74 bits per heavy atom. The first-order chi connectivity index (χ1) is 9.16. The average molecular weight is 279 g/mol. The number of hydrogen-bond donors (Lipinski definition) is 3. The third-order valence-corrected chi connectivity index (χ3v) is 3.26. The van der Waals surface area contributed by atoms with Crippen LogP contribution < -0.4 is 10.6 Å². The van der Waals surface area contributed by atoms with Gasteiger partial charge in [-0.25, -0.2) is 0 Å². The molecule has 0 aliphatic carbocycles. The summed E-state index contributed by atoms with van der Waals surface area (Å²) < 4.78 is 0. The van der Waals surface area contributed by atoms with Crippen molar-refractivity contribution >= 4 is 24.4 Å². The van der Waals surface area contributed by atoms with E-state index in [4.69, 9.17) is 0 Å². The van der Waals surface area contributed by atoms with Gasteiger partial charge >= 0.3 is 0 Å². The summed E-state index contributed by atoms with van der Waals surface area (Å²) in [5.41, 5.74) is 0.514. The Morgan fingerprint density at radius 2 is 2.05 bits per heavy atom. The molecule has 0 spiro atoms. The molecule has 2 amide bonds. The van der Waals surface area contributed by atoms with Gasteiger partial charge in [0.05, 0.1) is 6.54 Å². The number of benzene rings is 1. The zero-order valence-corrected chi connectivity index (χ0v) is 11.5. The summed E-state index contributed by atoms with van der Waals surface area (Å²) >= 11 is 4.18. The molecule has 1 heterocycles. The van der Waals surface area contributed by atoms with Crippen LogP contribution in [0.5, 0.6) is 0 Å². The second-order valence-corrected chi connectivity index (χ2v) is 4.88. The predicted molar refractivity (Wildman–Crippen MR) is 75.5 cm³/mol. The number of nitrogens with one attached hydrogen (secondary N) is 2. The Kier molecular flexibility index (Phi) is 4.81. The quantitative estimate of drug-likeness (QED) is 0.690. The summed E-state index contributed by atoms with van der Waals surface area (Å²) in [6, 6.07) is 6.93. The molecule has 0 radical (unpaired) electrons. The molecule has 2 N–H and O–H groups in total. The predicted octanol–water partition coefficient (Wildman–Crippen LogP) is 0.137. The van der Waals surface area contributed by atoms with Gasteiger partial charge in [-0.3, -0.25) is 9.59 Å². The van der Waals surface area contributed by atoms with Crippen LogP contribution >= 0.6 is 12.6 Å². The first-order valence-electron chi connectivity index (χ1n) is 6.22. The van der Waals surface area contributed by atoms with Crippen LogP contribution in [0.4, 0.5) is 0 Å². The van der Waals surface area contributed by atoms with Crippen molar-refractivity contribution in [3.8, 4) is 0 Å². The molecule has 1 fully saturated rings. The lowest BCUT2D eigenvalue weighted by atomic mass is 10.2. The molecule has 5 nitrogen and oxygen atoms in total. The van der Waals surface area contributed by atoms with Gasteiger partial charge in [0.25, 0.3) is 5.91 Å². The molecule has 0 unspecified atom stereocenters. The topological polar surface area (TPSA) is 61.4 Å². The van der Waals surface area contributed by atoms with E-state index in [0.29, 0.717) is 18.7 Å². The largest absolute Gasteiger partial charge is 0.343 e. The van der Waals surface area contributed by atoms with Gasteiger partial charge in [-0.1, -0.05) is 6.07 Å².